The lowest BCUT2D eigenvalue weighted by molar-refractivity contribution is 0.189. The van der Waals surface area contributed by atoms with Crippen LogP contribution in [0.3, 0.4) is 0 Å². The standard InChI is InChI=1S/C19H31N3O2/c1-16-8-12-22(13-9-16)11-4-3-10-20-19(23)21-15-17-6-5-7-18(14-17)24-2/h5-7,14,16H,3-4,8-13,15H2,1-2H3,(H2,20,21,23). The fourth-order valence-corrected chi connectivity index (χ4v) is 2.98. The number of piperidine rings is 1. The second kappa shape index (κ2) is 10.2. The average molecular weight is 333 g/mol. The fourth-order valence-electron chi connectivity index (χ4n) is 2.98. The Morgan fingerprint density at radius 1 is 1.25 bits per heavy atom. The summed E-state index contributed by atoms with van der Waals surface area (Å²) in [5.41, 5.74) is 1.03. The van der Waals surface area contributed by atoms with Crippen LogP contribution < -0.4 is 15.4 Å². The number of urea groups is 1. The number of rotatable bonds is 8. The molecular weight excluding hydrogens is 302 g/mol. The minimum atomic E-state index is -0.107. The number of nitrogens with one attached hydrogen (secondary N) is 2. The molecule has 1 aromatic rings. The van der Waals surface area contributed by atoms with Crippen molar-refractivity contribution < 1.29 is 9.53 Å². The maximum Gasteiger partial charge on any atom is 0.315 e. The van der Waals surface area contributed by atoms with E-state index in [-0.39, 0.29) is 6.03 Å². The third-order valence-corrected chi connectivity index (χ3v) is 4.65. The molecule has 0 aromatic heterocycles. The van der Waals surface area contributed by atoms with E-state index in [0.29, 0.717) is 6.54 Å². The number of likely N-dealkylation sites (tertiary alicyclic amines) is 1. The lowest BCUT2D eigenvalue weighted by Gasteiger charge is -2.30. The van der Waals surface area contributed by atoms with Crippen molar-refractivity contribution in [3.05, 3.63) is 29.8 Å². The molecule has 1 fully saturated rings. The zero-order valence-corrected chi connectivity index (χ0v) is 15.0. The summed E-state index contributed by atoms with van der Waals surface area (Å²) in [6.45, 7) is 7.19. The summed E-state index contributed by atoms with van der Waals surface area (Å²) in [4.78, 5) is 14.4. The minimum absolute atomic E-state index is 0.107. The molecular formula is C19H31N3O2. The van der Waals surface area contributed by atoms with E-state index in [9.17, 15) is 4.79 Å². The van der Waals surface area contributed by atoms with Crippen molar-refractivity contribution >= 4 is 6.03 Å². The van der Waals surface area contributed by atoms with Crippen LogP contribution in [0.5, 0.6) is 5.75 Å². The molecule has 2 rings (SSSR count). The van der Waals surface area contributed by atoms with Gasteiger partial charge in [0.05, 0.1) is 7.11 Å². The number of unbranched alkanes of at least 4 members (excludes halogenated alkanes) is 1. The van der Waals surface area contributed by atoms with Gasteiger partial charge in [-0.3, -0.25) is 0 Å². The zero-order chi connectivity index (χ0) is 17.2. The molecule has 0 atom stereocenters. The molecule has 0 saturated carbocycles. The van der Waals surface area contributed by atoms with Gasteiger partial charge in [0.25, 0.3) is 0 Å². The average Bonchev–Trinajstić information content (AvgIpc) is 2.61. The number of ether oxygens (including phenoxy) is 1. The molecule has 24 heavy (non-hydrogen) atoms. The normalized spacial score (nSPS) is 15.9. The zero-order valence-electron chi connectivity index (χ0n) is 15.0. The summed E-state index contributed by atoms with van der Waals surface area (Å²) in [6, 6.07) is 7.62. The van der Waals surface area contributed by atoms with Crippen molar-refractivity contribution in [1.82, 2.24) is 15.5 Å². The highest BCUT2D eigenvalue weighted by Gasteiger charge is 2.14. The Hall–Kier alpha value is -1.75. The third kappa shape index (κ3) is 6.79. The monoisotopic (exact) mass is 333 g/mol. The largest absolute Gasteiger partial charge is 0.497 e. The van der Waals surface area contributed by atoms with E-state index < -0.39 is 0 Å². The summed E-state index contributed by atoms with van der Waals surface area (Å²) < 4.78 is 5.18. The van der Waals surface area contributed by atoms with Crippen molar-refractivity contribution in [3.63, 3.8) is 0 Å². The van der Waals surface area contributed by atoms with Crippen LogP contribution in [0.15, 0.2) is 24.3 Å². The highest BCUT2D eigenvalue weighted by Crippen LogP contribution is 2.16. The van der Waals surface area contributed by atoms with E-state index in [1.807, 2.05) is 24.3 Å². The second-order valence-corrected chi connectivity index (χ2v) is 6.69. The predicted molar refractivity (Wildman–Crippen MR) is 97.3 cm³/mol. The van der Waals surface area contributed by atoms with Crippen LogP contribution in [-0.4, -0.2) is 44.2 Å². The molecule has 0 aliphatic carbocycles. The van der Waals surface area contributed by atoms with Gasteiger partial charge in [-0.15, -0.1) is 0 Å². The van der Waals surface area contributed by atoms with Crippen molar-refractivity contribution in [2.75, 3.05) is 33.3 Å². The smallest absolute Gasteiger partial charge is 0.315 e. The Morgan fingerprint density at radius 3 is 2.79 bits per heavy atom. The van der Waals surface area contributed by atoms with Gasteiger partial charge in [-0.1, -0.05) is 19.1 Å². The summed E-state index contributed by atoms with van der Waals surface area (Å²) in [6.07, 6.45) is 4.82. The number of carbonyl (C=O) groups is 1. The van der Waals surface area contributed by atoms with Gasteiger partial charge in [-0.05, 0) is 68.9 Å². The van der Waals surface area contributed by atoms with Gasteiger partial charge < -0.3 is 20.3 Å². The fraction of sp³-hybridized carbons (Fsp3) is 0.632. The van der Waals surface area contributed by atoms with Crippen LogP contribution in [0.4, 0.5) is 4.79 Å². The number of carbonyl (C=O) groups excluding carboxylic acids is 1. The molecule has 2 N–H and O–H groups in total. The van der Waals surface area contributed by atoms with Gasteiger partial charge in [0.2, 0.25) is 0 Å². The molecule has 0 radical (unpaired) electrons. The Morgan fingerprint density at radius 2 is 2.04 bits per heavy atom. The molecule has 0 spiro atoms. The van der Waals surface area contributed by atoms with Crippen LogP contribution >= 0.6 is 0 Å². The second-order valence-electron chi connectivity index (χ2n) is 6.69. The van der Waals surface area contributed by atoms with Gasteiger partial charge in [0, 0.05) is 13.1 Å². The first-order valence-electron chi connectivity index (χ1n) is 9.04. The third-order valence-electron chi connectivity index (χ3n) is 4.65. The van der Waals surface area contributed by atoms with Crippen LogP contribution in [-0.2, 0) is 6.54 Å². The molecule has 1 saturated heterocycles. The lowest BCUT2D eigenvalue weighted by Crippen LogP contribution is -2.36. The Bertz CT molecular complexity index is 499. The molecule has 1 aromatic carbocycles. The molecule has 1 heterocycles. The van der Waals surface area contributed by atoms with E-state index >= 15 is 0 Å². The van der Waals surface area contributed by atoms with Crippen LogP contribution in [0, 0.1) is 5.92 Å². The predicted octanol–water partition coefficient (Wildman–Crippen LogP) is 3.01. The van der Waals surface area contributed by atoms with Gasteiger partial charge in [-0.25, -0.2) is 4.79 Å². The summed E-state index contributed by atoms with van der Waals surface area (Å²) >= 11 is 0. The van der Waals surface area contributed by atoms with Crippen molar-refractivity contribution in [1.29, 1.82) is 0 Å². The number of hydrogen-bond acceptors (Lipinski definition) is 3. The van der Waals surface area contributed by atoms with E-state index in [2.05, 4.69) is 22.5 Å². The molecule has 2 amide bonds. The topological polar surface area (TPSA) is 53.6 Å². The van der Waals surface area contributed by atoms with Gasteiger partial charge in [-0.2, -0.15) is 0 Å². The molecule has 0 bridgehead atoms. The van der Waals surface area contributed by atoms with Gasteiger partial charge in [0.1, 0.15) is 5.75 Å². The lowest BCUT2D eigenvalue weighted by atomic mass is 9.99. The molecule has 5 nitrogen and oxygen atoms in total. The highest BCUT2D eigenvalue weighted by atomic mass is 16.5. The number of amides is 2. The van der Waals surface area contributed by atoms with E-state index in [1.54, 1.807) is 7.11 Å². The first kappa shape index (κ1) is 18.6. The van der Waals surface area contributed by atoms with Crippen LogP contribution in [0.25, 0.3) is 0 Å². The molecule has 134 valence electrons. The maximum atomic E-state index is 11.8. The SMILES string of the molecule is COc1cccc(CNC(=O)NCCCCN2CCC(C)CC2)c1. The number of hydrogen-bond donors (Lipinski definition) is 2. The van der Waals surface area contributed by atoms with Gasteiger partial charge >= 0.3 is 6.03 Å². The van der Waals surface area contributed by atoms with E-state index in [4.69, 9.17) is 4.74 Å². The van der Waals surface area contributed by atoms with Gasteiger partial charge in [0.15, 0.2) is 0 Å². The quantitative estimate of drug-likeness (QED) is 0.719. The number of nitrogens with zero attached hydrogens (tertiary/aromatic N) is 1. The number of methoxy groups -OCH3 is 1. The Labute approximate surface area is 145 Å². The summed E-state index contributed by atoms with van der Waals surface area (Å²) in [5, 5.41) is 5.81. The Kier molecular flexibility index (Phi) is 7.89. The van der Waals surface area contributed by atoms with Crippen molar-refractivity contribution in [2.45, 2.75) is 39.2 Å². The Balaban J connectivity index is 1.52. The summed E-state index contributed by atoms with van der Waals surface area (Å²) in [7, 11) is 1.64. The van der Waals surface area contributed by atoms with E-state index in [1.165, 1.54) is 25.9 Å². The highest BCUT2D eigenvalue weighted by molar-refractivity contribution is 5.73. The van der Waals surface area contributed by atoms with Crippen molar-refractivity contribution in [2.24, 2.45) is 5.92 Å². The first-order chi connectivity index (χ1) is 11.7. The molecule has 1 aliphatic rings. The first-order valence-corrected chi connectivity index (χ1v) is 9.04. The van der Waals surface area contributed by atoms with Crippen LogP contribution in [0.1, 0.15) is 38.2 Å². The maximum absolute atomic E-state index is 11.8. The van der Waals surface area contributed by atoms with E-state index in [0.717, 1.165) is 43.2 Å². The summed E-state index contributed by atoms with van der Waals surface area (Å²) in [5.74, 6) is 1.69. The molecule has 5 heteroatoms. The van der Waals surface area contributed by atoms with Crippen LogP contribution in [0.2, 0.25) is 0 Å². The molecule has 0 unspecified atom stereocenters. The molecule has 1 aliphatic heterocycles. The number of benzene rings is 1. The minimum Gasteiger partial charge on any atom is -0.497 e. The van der Waals surface area contributed by atoms with Crippen molar-refractivity contribution in [3.8, 4) is 5.75 Å².